The fourth-order valence-corrected chi connectivity index (χ4v) is 2.48. The summed E-state index contributed by atoms with van der Waals surface area (Å²) in [5, 5.41) is 0. The van der Waals surface area contributed by atoms with Crippen LogP contribution in [0.2, 0.25) is 0 Å². The van der Waals surface area contributed by atoms with E-state index < -0.39 is 17.8 Å². The lowest BCUT2D eigenvalue weighted by atomic mass is 10.3. The number of para-hydroxylation sites is 2. The predicted octanol–water partition coefficient (Wildman–Crippen LogP) is 1.94. The van der Waals surface area contributed by atoms with E-state index in [1.54, 1.807) is 48.5 Å². The number of rotatable bonds is 6. The standard InChI is InChI=1S/C19H18N2O5/c22-17(13-25-15-7-3-1-4-8-15)20-11-12-21(19(20)24)18(23)14-26-16-9-5-2-6-10-16/h1-10H,11-14H2. The van der Waals surface area contributed by atoms with Crippen LogP contribution in [-0.4, -0.2) is 53.9 Å². The zero-order chi connectivity index (χ0) is 18.4. The predicted molar refractivity (Wildman–Crippen MR) is 92.7 cm³/mol. The monoisotopic (exact) mass is 354 g/mol. The molecule has 1 aliphatic heterocycles. The molecule has 26 heavy (non-hydrogen) atoms. The van der Waals surface area contributed by atoms with Crippen molar-refractivity contribution in [3.63, 3.8) is 0 Å². The molecule has 0 aromatic heterocycles. The van der Waals surface area contributed by atoms with Crippen molar-refractivity contribution in [2.75, 3.05) is 26.3 Å². The van der Waals surface area contributed by atoms with Crippen molar-refractivity contribution in [2.45, 2.75) is 0 Å². The first-order chi connectivity index (χ1) is 12.6. The maximum atomic E-state index is 12.3. The number of hydrogen-bond acceptors (Lipinski definition) is 5. The van der Waals surface area contributed by atoms with Gasteiger partial charge in [-0.15, -0.1) is 0 Å². The number of ether oxygens (including phenoxy) is 2. The Morgan fingerprint density at radius 2 is 1.12 bits per heavy atom. The maximum absolute atomic E-state index is 12.3. The van der Waals surface area contributed by atoms with Crippen molar-refractivity contribution >= 4 is 17.8 Å². The Kier molecular flexibility index (Phi) is 5.48. The number of carbonyl (C=O) groups excluding carboxylic acids is 3. The molecule has 0 N–H and O–H groups in total. The molecule has 0 radical (unpaired) electrons. The summed E-state index contributed by atoms with van der Waals surface area (Å²) >= 11 is 0. The van der Waals surface area contributed by atoms with Crippen LogP contribution in [0.3, 0.4) is 0 Å². The van der Waals surface area contributed by atoms with Gasteiger partial charge in [0.15, 0.2) is 13.2 Å². The van der Waals surface area contributed by atoms with Crippen molar-refractivity contribution in [1.29, 1.82) is 0 Å². The van der Waals surface area contributed by atoms with Crippen LogP contribution in [0, 0.1) is 0 Å². The molecule has 0 aliphatic carbocycles. The summed E-state index contributed by atoms with van der Waals surface area (Å²) in [5.41, 5.74) is 0. The number of urea groups is 1. The molecule has 2 aromatic rings. The van der Waals surface area contributed by atoms with Crippen LogP contribution in [0.25, 0.3) is 0 Å². The smallest absolute Gasteiger partial charge is 0.333 e. The number of hydrogen-bond donors (Lipinski definition) is 0. The molecule has 134 valence electrons. The fourth-order valence-electron chi connectivity index (χ4n) is 2.48. The summed E-state index contributed by atoms with van der Waals surface area (Å²) in [5.74, 6) is 0.102. The summed E-state index contributed by atoms with van der Waals surface area (Å²) in [6.07, 6.45) is 0. The Morgan fingerprint density at radius 1 is 0.731 bits per heavy atom. The van der Waals surface area contributed by atoms with E-state index in [2.05, 4.69) is 0 Å². The normalized spacial score (nSPS) is 13.6. The van der Waals surface area contributed by atoms with E-state index in [-0.39, 0.29) is 26.3 Å². The van der Waals surface area contributed by atoms with Gasteiger partial charge in [0.25, 0.3) is 11.8 Å². The second kappa shape index (κ2) is 8.15. The molecule has 1 heterocycles. The second-order valence-corrected chi connectivity index (χ2v) is 5.58. The summed E-state index contributed by atoms with van der Waals surface area (Å²) in [6.45, 7) is -0.240. The summed E-state index contributed by atoms with van der Waals surface area (Å²) in [7, 11) is 0. The van der Waals surface area contributed by atoms with Crippen LogP contribution in [0.4, 0.5) is 4.79 Å². The number of nitrogens with zero attached hydrogens (tertiary/aromatic N) is 2. The molecular weight excluding hydrogens is 336 g/mol. The molecule has 0 spiro atoms. The van der Waals surface area contributed by atoms with Gasteiger partial charge < -0.3 is 9.47 Å². The highest BCUT2D eigenvalue weighted by molar-refractivity contribution is 6.04. The van der Waals surface area contributed by atoms with Crippen LogP contribution in [0.15, 0.2) is 60.7 Å². The fraction of sp³-hybridized carbons (Fsp3) is 0.211. The van der Waals surface area contributed by atoms with E-state index in [0.717, 1.165) is 9.80 Å². The number of benzene rings is 2. The van der Waals surface area contributed by atoms with E-state index in [0.29, 0.717) is 11.5 Å². The van der Waals surface area contributed by atoms with Crippen molar-refractivity contribution in [2.24, 2.45) is 0 Å². The lowest BCUT2D eigenvalue weighted by Gasteiger charge is -2.16. The summed E-state index contributed by atoms with van der Waals surface area (Å²) in [4.78, 5) is 38.7. The van der Waals surface area contributed by atoms with E-state index >= 15 is 0 Å². The van der Waals surface area contributed by atoms with Gasteiger partial charge >= 0.3 is 6.03 Å². The van der Waals surface area contributed by atoms with Crippen LogP contribution >= 0.6 is 0 Å². The third kappa shape index (κ3) is 4.18. The molecule has 1 fully saturated rings. The Labute approximate surface area is 150 Å². The van der Waals surface area contributed by atoms with Gasteiger partial charge in [-0.05, 0) is 24.3 Å². The van der Waals surface area contributed by atoms with Gasteiger partial charge in [-0.1, -0.05) is 36.4 Å². The highest BCUT2D eigenvalue weighted by Crippen LogP contribution is 2.13. The molecule has 2 aromatic carbocycles. The number of imide groups is 2. The highest BCUT2D eigenvalue weighted by Gasteiger charge is 2.36. The average Bonchev–Trinajstić information content (AvgIpc) is 3.07. The van der Waals surface area contributed by atoms with Crippen LogP contribution < -0.4 is 9.47 Å². The summed E-state index contributed by atoms with van der Waals surface area (Å²) < 4.78 is 10.7. The van der Waals surface area contributed by atoms with Gasteiger partial charge in [0.05, 0.1) is 0 Å². The van der Waals surface area contributed by atoms with Gasteiger partial charge in [0.1, 0.15) is 11.5 Å². The first-order valence-corrected chi connectivity index (χ1v) is 8.15. The van der Waals surface area contributed by atoms with E-state index in [4.69, 9.17) is 9.47 Å². The van der Waals surface area contributed by atoms with Crippen molar-refractivity contribution < 1.29 is 23.9 Å². The van der Waals surface area contributed by atoms with E-state index in [9.17, 15) is 14.4 Å². The topological polar surface area (TPSA) is 76.2 Å². The maximum Gasteiger partial charge on any atom is 0.333 e. The van der Waals surface area contributed by atoms with Crippen molar-refractivity contribution in [3.8, 4) is 11.5 Å². The molecule has 0 unspecified atom stereocenters. The second-order valence-electron chi connectivity index (χ2n) is 5.58. The van der Waals surface area contributed by atoms with Gasteiger partial charge in [0.2, 0.25) is 0 Å². The van der Waals surface area contributed by atoms with E-state index in [1.165, 1.54) is 0 Å². The van der Waals surface area contributed by atoms with E-state index in [1.807, 2.05) is 12.1 Å². The quantitative estimate of drug-likeness (QED) is 0.792. The minimum atomic E-state index is -0.645. The largest absolute Gasteiger partial charge is 0.484 e. The molecular formula is C19H18N2O5. The zero-order valence-corrected chi connectivity index (χ0v) is 14.0. The lowest BCUT2D eigenvalue weighted by Crippen LogP contribution is -2.42. The highest BCUT2D eigenvalue weighted by atomic mass is 16.5. The Morgan fingerprint density at radius 3 is 1.50 bits per heavy atom. The number of amides is 4. The average molecular weight is 354 g/mol. The minimum Gasteiger partial charge on any atom is -0.484 e. The van der Waals surface area contributed by atoms with Gasteiger partial charge in [-0.2, -0.15) is 0 Å². The minimum absolute atomic E-state index is 0.146. The van der Waals surface area contributed by atoms with Crippen molar-refractivity contribution in [1.82, 2.24) is 9.80 Å². The SMILES string of the molecule is O=C(COc1ccccc1)N1CCN(C(=O)COc2ccccc2)C1=O. The molecule has 0 bridgehead atoms. The van der Waals surface area contributed by atoms with Crippen molar-refractivity contribution in [3.05, 3.63) is 60.7 Å². The van der Waals surface area contributed by atoms with Gasteiger partial charge in [-0.3, -0.25) is 19.4 Å². The molecule has 1 saturated heterocycles. The van der Waals surface area contributed by atoms with Gasteiger partial charge in [-0.25, -0.2) is 4.79 Å². The zero-order valence-electron chi connectivity index (χ0n) is 14.0. The third-order valence-corrected chi connectivity index (χ3v) is 3.82. The Balaban J connectivity index is 1.50. The lowest BCUT2D eigenvalue weighted by molar-refractivity contribution is -0.130. The Hall–Kier alpha value is -3.35. The van der Waals surface area contributed by atoms with Crippen LogP contribution in [-0.2, 0) is 9.59 Å². The molecule has 3 rings (SSSR count). The summed E-state index contributed by atoms with van der Waals surface area (Å²) in [6, 6.07) is 17.0. The molecule has 1 aliphatic rings. The van der Waals surface area contributed by atoms with Crippen LogP contribution in [0.5, 0.6) is 11.5 Å². The number of carbonyl (C=O) groups is 3. The van der Waals surface area contributed by atoms with Gasteiger partial charge in [0, 0.05) is 13.1 Å². The molecule has 0 atom stereocenters. The molecule has 0 saturated carbocycles. The molecule has 7 nitrogen and oxygen atoms in total. The van der Waals surface area contributed by atoms with Crippen LogP contribution in [0.1, 0.15) is 0 Å². The molecule has 4 amide bonds. The third-order valence-electron chi connectivity index (χ3n) is 3.82. The first kappa shape index (κ1) is 17.5. The first-order valence-electron chi connectivity index (χ1n) is 8.15. The Bertz CT molecular complexity index is 714. The molecule has 7 heteroatoms.